The third kappa shape index (κ3) is 2.82. The summed E-state index contributed by atoms with van der Waals surface area (Å²) in [5.74, 6) is 0.601. The molecule has 2 N–H and O–H groups in total. The summed E-state index contributed by atoms with van der Waals surface area (Å²) in [7, 11) is 0. The van der Waals surface area contributed by atoms with Crippen LogP contribution in [0.15, 0.2) is 18.2 Å². The van der Waals surface area contributed by atoms with E-state index in [1.165, 1.54) is 0 Å². The Morgan fingerprint density at radius 2 is 2.39 bits per heavy atom. The number of aliphatic hydroxyl groups is 1. The fourth-order valence-electron chi connectivity index (χ4n) is 2.32. The Morgan fingerprint density at radius 1 is 1.56 bits per heavy atom. The number of fused-ring (bicyclic) bond motifs is 1. The summed E-state index contributed by atoms with van der Waals surface area (Å²) in [6.45, 7) is 2.51. The van der Waals surface area contributed by atoms with Gasteiger partial charge in [0, 0.05) is 6.54 Å². The van der Waals surface area contributed by atoms with Crippen molar-refractivity contribution >= 4 is 5.91 Å². The molecule has 0 saturated carbocycles. The molecule has 0 spiro atoms. The molecule has 0 fully saturated rings. The fraction of sp³-hybridized carbons (Fsp3) is 0.500. The lowest BCUT2D eigenvalue weighted by Crippen LogP contribution is -2.28. The lowest BCUT2D eigenvalue weighted by atomic mass is 9.89. The lowest BCUT2D eigenvalue weighted by Gasteiger charge is -2.23. The number of ether oxygens (including phenoxy) is 1. The number of hydrogen-bond donors (Lipinski definition) is 2. The van der Waals surface area contributed by atoms with Gasteiger partial charge in [-0.25, -0.2) is 0 Å². The summed E-state index contributed by atoms with van der Waals surface area (Å²) in [6, 6.07) is 5.65. The molecule has 98 valence electrons. The van der Waals surface area contributed by atoms with Crippen molar-refractivity contribution in [1.82, 2.24) is 5.32 Å². The summed E-state index contributed by atoms with van der Waals surface area (Å²) >= 11 is 0. The molecule has 0 aliphatic heterocycles. The van der Waals surface area contributed by atoms with E-state index in [1.54, 1.807) is 0 Å². The minimum absolute atomic E-state index is 0.0282. The Bertz CT molecular complexity index is 431. The second-order valence-electron chi connectivity index (χ2n) is 4.47. The molecule has 1 aliphatic carbocycles. The van der Waals surface area contributed by atoms with Crippen molar-refractivity contribution in [2.75, 3.05) is 13.2 Å². The number of nitrogens with one attached hydrogen (secondary N) is 1. The van der Waals surface area contributed by atoms with Gasteiger partial charge in [-0.3, -0.25) is 4.79 Å². The Labute approximate surface area is 107 Å². The standard InChI is InChI=1S/C14H19NO3/c1-2-15-14(17)9-18-13-8-4-5-10-11(13)6-3-7-12(10)16/h4-5,8,12,16H,2-3,6-7,9H2,1H3,(H,15,17). The van der Waals surface area contributed by atoms with Gasteiger partial charge in [0.05, 0.1) is 6.10 Å². The van der Waals surface area contributed by atoms with Crippen LogP contribution in [0, 0.1) is 0 Å². The molecule has 1 aromatic carbocycles. The van der Waals surface area contributed by atoms with Crippen molar-refractivity contribution in [3.8, 4) is 5.75 Å². The second-order valence-corrected chi connectivity index (χ2v) is 4.47. The van der Waals surface area contributed by atoms with Crippen molar-refractivity contribution in [1.29, 1.82) is 0 Å². The summed E-state index contributed by atoms with van der Waals surface area (Å²) < 4.78 is 5.54. The molecule has 0 bridgehead atoms. The highest BCUT2D eigenvalue weighted by Gasteiger charge is 2.21. The number of carbonyl (C=O) groups excluding carboxylic acids is 1. The maximum atomic E-state index is 11.4. The normalized spacial score (nSPS) is 18.0. The van der Waals surface area contributed by atoms with Crippen LogP contribution in [0.1, 0.15) is 37.0 Å². The van der Waals surface area contributed by atoms with E-state index in [0.717, 1.165) is 36.1 Å². The van der Waals surface area contributed by atoms with E-state index >= 15 is 0 Å². The minimum atomic E-state index is -0.401. The number of hydrogen-bond acceptors (Lipinski definition) is 3. The van der Waals surface area contributed by atoms with Crippen LogP contribution in [0.25, 0.3) is 0 Å². The molecule has 1 aliphatic rings. The largest absolute Gasteiger partial charge is 0.483 e. The third-order valence-electron chi connectivity index (χ3n) is 3.17. The van der Waals surface area contributed by atoms with Gasteiger partial charge in [-0.2, -0.15) is 0 Å². The molecule has 1 amide bonds. The molecule has 4 heteroatoms. The molecule has 0 aromatic heterocycles. The maximum absolute atomic E-state index is 11.4. The first-order valence-electron chi connectivity index (χ1n) is 6.41. The van der Waals surface area contributed by atoms with E-state index in [4.69, 9.17) is 4.74 Å². The van der Waals surface area contributed by atoms with Crippen LogP contribution in [0.3, 0.4) is 0 Å². The molecule has 1 aromatic rings. The summed E-state index contributed by atoms with van der Waals surface area (Å²) in [5.41, 5.74) is 1.98. The average molecular weight is 249 g/mol. The lowest BCUT2D eigenvalue weighted by molar-refractivity contribution is -0.122. The van der Waals surface area contributed by atoms with E-state index in [-0.39, 0.29) is 12.5 Å². The maximum Gasteiger partial charge on any atom is 0.257 e. The number of benzene rings is 1. The Kier molecular flexibility index (Phi) is 4.20. The number of aliphatic hydroxyl groups excluding tert-OH is 1. The smallest absolute Gasteiger partial charge is 0.257 e. The van der Waals surface area contributed by atoms with Gasteiger partial charge >= 0.3 is 0 Å². The monoisotopic (exact) mass is 249 g/mol. The van der Waals surface area contributed by atoms with Crippen LogP contribution >= 0.6 is 0 Å². The van der Waals surface area contributed by atoms with E-state index in [0.29, 0.717) is 6.54 Å². The average Bonchev–Trinajstić information content (AvgIpc) is 2.37. The zero-order chi connectivity index (χ0) is 13.0. The van der Waals surface area contributed by atoms with Crippen molar-refractivity contribution < 1.29 is 14.6 Å². The predicted molar refractivity (Wildman–Crippen MR) is 68.5 cm³/mol. The molecule has 18 heavy (non-hydrogen) atoms. The molecule has 1 atom stereocenters. The summed E-state index contributed by atoms with van der Waals surface area (Å²) in [6.07, 6.45) is 2.25. The van der Waals surface area contributed by atoms with Crippen molar-refractivity contribution in [3.63, 3.8) is 0 Å². The molecule has 0 radical (unpaired) electrons. The van der Waals surface area contributed by atoms with E-state index < -0.39 is 6.10 Å². The van der Waals surface area contributed by atoms with Crippen LogP contribution in [-0.2, 0) is 11.2 Å². The Morgan fingerprint density at radius 3 is 3.17 bits per heavy atom. The fourth-order valence-corrected chi connectivity index (χ4v) is 2.32. The van der Waals surface area contributed by atoms with E-state index in [1.807, 2.05) is 25.1 Å². The summed E-state index contributed by atoms with van der Waals surface area (Å²) in [4.78, 5) is 11.4. The third-order valence-corrected chi connectivity index (χ3v) is 3.17. The summed E-state index contributed by atoms with van der Waals surface area (Å²) in [5, 5.41) is 12.6. The van der Waals surface area contributed by atoms with Gasteiger partial charge < -0.3 is 15.2 Å². The minimum Gasteiger partial charge on any atom is -0.483 e. The SMILES string of the molecule is CCNC(=O)COc1cccc2c1CCCC2O. The molecule has 0 heterocycles. The van der Waals surface area contributed by atoms with Crippen molar-refractivity contribution in [2.45, 2.75) is 32.3 Å². The van der Waals surface area contributed by atoms with Crippen LogP contribution in [0.4, 0.5) is 0 Å². The van der Waals surface area contributed by atoms with Gasteiger partial charge in [0.2, 0.25) is 0 Å². The first-order valence-corrected chi connectivity index (χ1v) is 6.41. The number of likely N-dealkylation sites (N-methyl/N-ethyl adjacent to an activating group) is 1. The van der Waals surface area contributed by atoms with Crippen LogP contribution in [0.5, 0.6) is 5.75 Å². The molecular weight excluding hydrogens is 230 g/mol. The van der Waals surface area contributed by atoms with Crippen LogP contribution in [0.2, 0.25) is 0 Å². The number of rotatable bonds is 4. The van der Waals surface area contributed by atoms with Crippen molar-refractivity contribution in [3.05, 3.63) is 29.3 Å². The topological polar surface area (TPSA) is 58.6 Å². The van der Waals surface area contributed by atoms with Gasteiger partial charge in [0.25, 0.3) is 5.91 Å². The van der Waals surface area contributed by atoms with Gasteiger partial charge in [-0.15, -0.1) is 0 Å². The predicted octanol–water partition coefficient (Wildman–Crippen LogP) is 1.57. The molecule has 4 nitrogen and oxygen atoms in total. The number of carbonyl (C=O) groups is 1. The number of amides is 1. The highest BCUT2D eigenvalue weighted by atomic mass is 16.5. The zero-order valence-corrected chi connectivity index (χ0v) is 10.6. The van der Waals surface area contributed by atoms with E-state index in [9.17, 15) is 9.90 Å². The zero-order valence-electron chi connectivity index (χ0n) is 10.6. The Hall–Kier alpha value is -1.55. The van der Waals surface area contributed by atoms with Gasteiger partial charge in [-0.1, -0.05) is 12.1 Å². The molecule has 1 unspecified atom stereocenters. The second kappa shape index (κ2) is 5.87. The van der Waals surface area contributed by atoms with Crippen molar-refractivity contribution in [2.24, 2.45) is 0 Å². The quantitative estimate of drug-likeness (QED) is 0.851. The highest BCUT2D eigenvalue weighted by molar-refractivity contribution is 5.77. The Balaban J connectivity index is 2.09. The van der Waals surface area contributed by atoms with Crippen LogP contribution < -0.4 is 10.1 Å². The highest BCUT2D eigenvalue weighted by Crippen LogP contribution is 2.35. The van der Waals surface area contributed by atoms with Gasteiger partial charge in [-0.05, 0) is 43.4 Å². The van der Waals surface area contributed by atoms with E-state index in [2.05, 4.69) is 5.32 Å². The molecule has 0 saturated heterocycles. The first-order chi connectivity index (χ1) is 8.72. The first kappa shape index (κ1) is 12.9. The van der Waals surface area contributed by atoms with Gasteiger partial charge in [0.15, 0.2) is 6.61 Å². The molecule has 2 rings (SSSR count). The van der Waals surface area contributed by atoms with Crippen LogP contribution in [-0.4, -0.2) is 24.2 Å². The van der Waals surface area contributed by atoms with Gasteiger partial charge in [0.1, 0.15) is 5.75 Å². The molecular formula is C14H19NO3.